The number of rotatable bonds is 8. The number of carbonyl (C=O) groups excluding carboxylic acids is 1. The number of fused-ring (bicyclic) bond motifs is 1. The average Bonchev–Trinajstić information content (AvgIpc) is 3.07. The minimum atomic E-state index is -3.63. The van der Waals surface area contributed by atoms with Gasteiger partial charge in [0.1, 0.15) is 5.82 Å². The monoisotopic (exact) mass is 401 g/mol. The summed E-state index contributed by atoms with van der Waals surface area (Å²) in [5.41, 5.74) is 2.69. The molecule has 0 radical (unpaired) electrons. The zero-order valence-corrected chi connectivity index (χ0v) is 16.7. The summed E-state index contributed by atoms with van der Waals surface area (Å²) < 4.78 is 29.0. The van der Waals surface area contributed by atoms with Crippen molar-refractivity contribution in [2.45, 2.75) is 31.6 Å². The number of nitrogens with one attached hydrogen (secondary N) is 2. The summed E-state index contributed by atoms with van der Waals surface area (Å²) in [6, 6.07) is 10.6. The van der Waals surface area contributed by atoms with Crippen molar-refractivity contribution in [1.29, 1.82) is 0 Å². The molecule has 1 amide bonds. The van der Waals surface area contributed by atoms with E-state index >= 15 is 0 Å². The van der Waals surface area contributed by atoms with E-state index in [4.69, 9.17) is 0 Å². The van der Waals surface area contributed by atoms with Crippen LogP contribution in [0.2, 0.25) is 0 Å². The predicted octanol–water partition coefficient (Wildman–Crippen LogP) is 1.37. The van der Waals surface area contributed by atoms with Crippen LogP contribution < -0.4 is 10.0 Å². The third-order valence-corrected chi connectivity index (χ3v) is 5.95. The number of sulfonamides is 1. The van der Waals surface area contributed by atoms with Crippen LogP contribution in [-0.2, 0) is 21.2 Å². The minimum Gasteiger partial charge on any atom is -0.356 e. The van der Waals surface area contributed by atoms with Gasteiger partial charge in [-0.3, -0.25) is 9.20 Å². The molecule has 0 saturated heterocycles. The van der Waals surface area contributed by atoms with Crippen molar-refractivity contribution in [2.24, 2.45) is 0 Å². The number of aryl methyl sites for hydroxylation is 2. The lowest BCUT2D eigenvalue weighted by Crippen LogP contribution is -2.32. The molecule has 9 heteroatoms. The van der Waals surface area contributed by atoms with Gasteiger partial charge in [-0.1, -0.05) is 12.1 Å². The molecule has 0 atom stereocenters. The van der Waals surface area contributed by atoms with Crippen LogP contribution in [0.5, 0.6) is 0 Å². The molecule has 2 aromatic heterocycles. The van der Waals surface area contributed by atoms with Gasteiger partial charge in [0.2, 0.25) is 15.9 Å². The number of pyridine rings is 1. The molecular formula is C19H23N5O3S. The molecule has 0 aliphatic heterocycles. The molecule has 0 fully saturated rings. The molecule has 2 N–H and O–H groups in total. The van der Waals surface area contributed by atoms with Crippen LogP contribution in [-0.4, -0.2) is 42.0 Å². The first-order valence-electron chi connectivity index (χ1n) is 8.99. The van der Waals surface area contributed by atoms with E-state index < -0.39 is 10.0 Å². The Balaban J connectivity index is 1.44. The number of benzene rings is 1. The van der Waals surface area contributed by atoms with E-state index in [1.807, 2.05) is 42.6 Å². The fourth-order valence-electron chi connectivity index (χ4n) is 2.73. The van der Waals surface area contributed by atoms with Crippen LogP contribution in [0.4, 0.5) is 0 Å². The van der Waals surface area contributed by atoms with E-state index in [2.05, 4.69) is 20.2 Å². The van der Waals surface area contributed by atoms with Gasteiger partial charge in [0, 0.05) is 32.1 Å². The van der Waals surface area contributed by atoms with Crippen molar-refractivity contribution in [3.63, 3.8) is 0 Å². The molecule has 28 heavy (non-hydrogen) atoms. The molecule has 0 saturated carbocycles. The third kappa shape index (κ3) is 4.73. The SMILES string of the molecule is Cc1ccc(S(=O)(=O)NCCC(=O)NCCc2nnc3ccccn23)cc1C. The van der Waals surface area contributed by atoms with Gasteiger partial charge in [-0.25, -0.2) is 13.1 Å². The van der Waals surface area contributed by atoms with Crippen LogP contribution in [0.1, 0.15) is 23.4 Å². The van der Waals surface area contributed by atoms with E-state index in [-0.39, 0.29) is 23.8 Å². The lowest BCUT2D eigenvalue weighted by atomic mass is 10.1. The summed E-state index contributed by atoms with van der Waals surface area (Å²) in [5.74, 6) is 0.531. The highest BCUT2D eigenvalue weighted by Crippen LogP contribution is 2.14. The van der Waals surface area contributed by atoms with Gasteiger partial charge in [0.25, 0.3) is 0 Å². The Hall–Kier alpha value is -2.78. The van der Waals surface area contributed by atoms with Gasteiger partial charge in [0.05, 0.1) is 4.90 Å². The molecule has 2 heterocycles. The van der Waals surface area contributed by atoms with E-state index in [1.165, 1.54) is 0 Å². The van der Waals surface area contributed by atoms with Crippen molar-refractivity contribution < 1.29 is 13.2 Å². The van der Waals surface area contributed by atoms with Crippen LogP contribution in [0, 0.1) is 13.8 Å². The second-order valence-electron chi connectivity index (χ2n) is 6.54. The van der Waals surface area contributed by atoms with Crippen LogP contribution in [0.3, 0.4) is 0 Å². The maximum Gasteiger partial charge on any atom is 0.240 e. The van der Waals surface area contributed by atoms with Crippen molar-refractivity contribution in [2.75, 3.05) is 13.1 Å². The Morgan fingerprint density at radius 3 is 2.68 bits per heavy atom. The summed E-state index contributed by atoms with van der Waals surface area (Å²) in [7, 11) is -3.63. The smallest absolute Gasteiger partial charge is 0.240 e. The van der Waals surface area contributed by atoms with E-state index in [0.717, 1.165) is 22.6 Å². The molecular weight excluding hydrogens is 378 g/mol. The van der Waals surface area contributed by atoms with Gasteiger partial charge < -0.3 is 5.32 Å². The Kier molecular flexibility index (Phi) is 6.05. The Morgan fingerprint density at radius 2 is 1.89 bits per heavy atom. The number of amides is 1. The number of hydrogen-bond acceptors (Lipinski definition) is 5. The second-order valence-corrected chi connectivity index (χ2v) is 8.31. The lowest BCUT2D eigenvalue weighted by molar-refractivity contribution is -0.120. The summed E-state index contributed by atoms with van der Waals surface area (Å²) in [5, 5.41) is 10.9. The minimum absolute atomic E-state index is 0.0367. The molecule has 3 aromatic rings. The third-order valence-electron chi connectivity index (χ3n) is 4.49. The summed E-state index contributed by atoms with van der Waals surface area (Å²) in [6.45, 7) is 4.22. The van der Waals surface area contributed by atoms with Gasteiger partial charge in [-0.15, -0.1) is 10.2 Å². The molecule has 148 valence electrons. The highest BCUT2D eigenvalue weighted by Gasteiger charge is 2.15. The molecule has 0 spiro atoms. The maximum atomic E-state index is 12.3. The van der Waals surface area contributed by atoms with Crippen molar-refractivity contribution in [3.8, 4) is 0 Å². The Morgan fingerprint density at radius 1 is 1.07 bits per heavy atom. The zero-order chi connectivity index (χ0) is 20.1. The first-order chi connectivity index (χ1) is 13.4. The number of nitrogens with zero attached hydrogens (tertiary/aromatic N) is 3. The molecule has 8 nitrogen and oxygen atoms in total. The molecule has 0 aliphatic carbocycles. The van der Waals surface area contributed by atoms with Gasteiger partial charge in [0.15, 0.2) is 5.65 Å². The number of carbonyl (C=O) groups is 1. The maximum absolute atomic E-state index is 12.3. The fourth-order valence-corrected chi connectivity index (χ4v) is 3.84. The quantitative estimate of drug-likeness (QED) is 0.593. The average molecular weight is 401 g/mol. The normalized spacial score (nSPS) is 11.6. The van der Waals surface area contributed by atoms with Crippen LogP contribution in [0.25, 0.3) is 5.65 Å². The van der Waals surface area contributed by atoms with Crippen molar-refractivity contribution in [3.05, 3.63) is 59.5 Å². The van der Waals surface area contributed by atoms with Crippen LogP contribution in [0.15, 0.2) is 47.5 Å². The summed E-state index contributed by atoms with van der Waals surface area (Å²) in [4.78, 5) is 12.2. The summed E-state index contributed by atoms with van der Waals surface area (Å²) >= 11 is 0. The van der Waals surface area contributed by atoms with E-state index in [9.17, 15) is 13.2 Å². The number of aromatic nitrogens is 3. The highest BCUT2D eigenvalue weighted by molar-refractivity contribution is 7.89. The molecule has 3 rings (SSSR count). The van der Waals surface area contributed by atoms with E-state index in [0.29, 0.717) is 13.0 Å². The molecule has 0 aliphatic rings. The zero-order valence-electron chi connectivity index (χ0n) is 15.8. The standard InChI is InChI=1S/C19H23N5O3S/c1-14-6-7-16(13-15(14)2)28(26,27)21-11-9-19(25)20-10-8-18-23-22-17-5-3-4-12-24(17)18/h3-7,12-13,21H,8-11H2,1-2H3,(H,20,25). The molecule has 1 aromatic carbocycles. The van der Waals surface area contributed by atoms with Gasteiger partial charge in [-0.2, -0.15) is 0 Å². The van der Waals surface area contributed by atoms with Crippen LogP contribution >= 0.6 is 0 Å². The van der Waals surface area contributed by atoms with Crippen molar-refractivity contribution >= 4 is 21.6 Å². The first kappa shape index (κ1) is 20.0. The van der Waals surface area contributed by atoms with Crippen molar-refractivity contribution in [1.82, 2.24) is 24.6 Å². The largest absolute Gasteiger partial charge is 0.356 e. The Labute approximate surface area is 164 Å². The van der Waals surface area contributed by atoms with Gasteiger partial charge in [-0.05, 0) is 49.2 Å². The Bertz CT molecular complexity index is 1090. The highest BCUT2D eigenvalue weighted by atomic mass is 32.2. The second kappa shape index (κ2) is 8.49. The predicted molar refractivity (Wildman–Crippen MR) is 105 cm³/mol. The topological polar surface area (TPSA) is 105 Å². The molecule has 0 bridgehead atoms. The summed E-state index contributed by atoms with van der Waals surface area (Å²) in [6.07, 6.45) is 2.46. The fraction of sp³-hybridized carbons (Fsp3) is 0.316. The molecule has 0 unspecified atom stereocenters. The van der Waals surface area contributed by atoms with Gasteiger partial charge >= 0.3 is 0 Å². The number of hydrogen-bond donors (Lipinski definition) is 2. The van der Waals surface area contributed by atoms with E-state index in [1.54, 1.807) is 18.2 Å². The lowest BCUT2D eigenvalue weighted by Gasteiger charge is -2.09. The first-order valence-corrected chi connectivity index (χ1v) is 10.5.